The Bertz CT molecular complexity index is 36.9. The predicted molar refractivity (Wildman–Crippen MR) is 18.7 cm³/mol. The lowest BCUT2D eigenvalue weighted by atomic mass is 11.4. The summed E-state index contributed by atoms with van der Waals surface area (Å²) in [5, 5.41) is 2.99. The van der Waals surface area contributed by atoms with E-state index in [1.54, 1.807) is 0 Å². The van der Waals surface area contributed by atoms with Crippen molar-refractivity contribution in [3.8, 4) is 0 Å². The average molecular weight is 72.1 g/mol. The highest BCUT2D eigenvalue weighted by Gasteiger charge is 1.50. The first-order valence-electron chi connectivity index (χ1n) is 1.06. The van der Waals surface area contributed by atoms with Crippen LogP contribution < -0.4 is 5.43 Å². The lowest BCUT2D eigenvalue weighted by Gasteiger charge is -1.70. The van der Waals surface area contributed by atoms with Crippen LogP contribution in [0.5, 0.6) is 0 Å². The van der Waals surface area contributed by atoms with Crippen molar-refractivity contribution in [2.45, 2.75) is 0 Å². The molecule has 0 aliphatic heterocycles. The van der Waals surface area contributed by atoms with Crippen LogP contribution in [0.25, 0.3) is 0 Å². The molecule has 1 amide bonds. The number of carbonyl (C=O) groups excluding carboxylic acids is 1. The molecule has 0 unspecified atom stereocenters. The van der Waals surface area contributed by atoms with Crippen molar-refractivity contribution in [1.82, 2.24) is 5.43 Å². The second kappa shape index (κ2) is 3.14. The minimum atomic E-state index is 0.451. The fraction of sp³-hybridized carbons (Fsp3) is 0. The van der Waals surface area contributed by atoms with Gasteiger partial charge in [0.25, 0.3) is 0 Å². The normalized spacial score (nSPS) is 5.60. The maximum atomic E-state index is 9.16. The summed E-state index contributed by atoms with van der Waals surface area (Å²) in [6.07, 6.45) is 0.451. The highest BCUT2D eigenvalue weighted by molar-refractivity contribution is 5.46. The minimum Gasteiger partial charge on any atom is -0.277 e. The third-order valence-corrected chi connectivity index (χ3v) is 0.144. The second-order valence-corrected chi connectivity index (χ2v) is 0.405. The van der Waals surface area contributed by atoms with Crippen molar-refractivity contribution < 1.29 is 4.79 Å². The molecule has 0 aromatic heterocycles. The summed E-state index contributed by atoms with van der Waals surface area (Å²) in [5.41, 5.74) is 1.94. The van der Waals surface area contributed by atoms with E-state index in [1.807, 2.05) is 5.43 Å². The summed E-state index contributed by atoms with van der Waals surface area (Å²) < 4.78 is 0. The maximum Gasteiger partial charge on any atom is 0.227 e. The Kier molecular flexibility index (Phi) is 2.60. The molecule has 0 radical (unpaired) electrons. The second-order valence-electron chi connectivity index (χ2n) is 0.405. The van der Waals surface area contributed by atoms with Gasteiger partial charge in [-0.05, 0) is 0 Å². The zero-order valence-corrected chi connectivity index (χ0v) is 2.64. The van der Waals surface area contributed by atoms with Crippen LogP contribution in [0.15, 0.2) is 5.10 Å². The van der Waals surface area contributed by atoms with Crippen LogP contribution in [0.1, 0.15) is 0 Å². The number of hydrogen-bond acceptors (Lipinski definition) is 2. The van der Waals surface area contributed by atoms with Gasteiger partial charge < -0.3 is 0 Å². The van der Waals surface area contributed by atoms with Crippen molar-refractivity contribution in [2.24, 2.45) is 5.10 Å². The zero-order chi connectivity index (χ0) is 4.12. The molecule has 0 saturated heterocycles. The minimum absolute atomic E-state index is 0.451. The molecule has 0 atom stereocenters. The summed E-state index contributed by atoms with van der Waals surface area (Å²) in [6, 6.07) is 0. The molecule has 0 spiro atoms. The Labute approximate surface area is 29.7 Å². The van der Waals surface area contributed by atoms with Crippen molar-refractivity contribution in [1.29, 1.82) is 0 Å². The first kappa shape index (κ1) is 4.14. The molecule has 0 aliphatic rings. The van der Waals surface area contributed by atoms with Crippen LogP contribution >= 0.6 is 0 Å². The molecule has 0 bridgehead atoms. The molecule has 0 aromatic carbocycles. The molecule has 0 heterocycles. The van der Waals surface area contributed by atoms with Crippen LogP contribution in [0, 0.1) is 0 Å². The van der Waals surface area contributed by atoms with Gasteiger partial charge in [0.1, 0.15) is 0 Å². The molecule has 0 rings (SSSR count). The monoisotopic (exact) mass is 72.0 g/mol. The Morgan fingerprint density at radius 3 is 2.60 bits per heavy atom. The van der Waals surface area contributed by atoms with Crippen molar-refractivity contribution in [3.05, 3.63) is 0 Å². The van der Waals surface area contributed by atoms with Gasteiger partial charge in [-0.25, -0.2) is 0 Å². The lowest BCUT2D eigenvalue weighted by Crippen LogP contribution is -1.96. The first-order chi connectivity index (χ1) is 2.41. The van der Waals surface area contributed by atoms with Gasteiger partial charge in [-0.1, -0.05) is 0 Å². The van der Waals surface area contributed by atoms with Gasteiger partial charge in [0.2, 0.25) is 6.41 Å². The van der Waals surface area contributed by atoms with Gasteiger partial charge in [0, 0.05) is 6.72 Å². The van der Waals surface area contributed by atoms with Crippen LogP contribution in [-0.4, -0.2) is 13.1 Å². The molecule has 0 fully saturated rings. The smallest absolute Gasteiger partial charge is 0.227 e. The maximum absolute atomic E-state index is 9.16. The number of amides is 1. The van der Waals surface area contributed by atoms with Gasteiger partial charge in [-0.3, -0.25) is 10.2 Å². The van der Waals surface area contributed by atoms with Gasteiger partial charge in [-0.2, -0.15) is 5.10 Å². The third kappa shape index (κ3) is 3.14. The van der Waals surface area contributed by atoms with Crippen LogP contribution in [0.3, 0.4) is 0 Å². The third-order valence-electron chi connectivity index (χ3n) is 0.144. The standard InChI is InChI=1S/C2H4N2O/c1-3-4-2-5/h2H,1H2,(H,4,5). The molecule has 1 N–H and O–H groups in total. The molecule has 3 heteroatoms. The SMILES string of the molecule is C=NNC=O. The van der Waals surface area contributed by atoms with E-state index in [2.05, 4.69) is 11.8 Å². The zero-order valence-electron chi connectivity index (χ0n) is 2.64. The topological polar surface area (TPSA) is 41.5 Å². The van der Waals surface area contributed by atoms with Crippen molar-refractivity contribution in [2.75, 3.05) is 0 Å². The van der Waals surface area contributed by atoms with Gasteiger partial charge in [0.05, 0.1) is 0 Å². The Morgan fingerprint density at radius 1 is 2.00 bits per heavy atom. The highest BCUT2D eigenvalue weighted by Crippen LogP contribution is 1.32. The van der Waals surface area contributed by atoms with E-state index in [9.17, 15) is 0 Å². The number of nitrogens with zero attached hydrogens (tertiary/aromatic N) is 1. The number of hydrogen-bond donors (Lipinski definition) is 1. The van der Waals surface area contributed by atoms with E-state index in [0.717, 1.165) is 0 Å². The molecule has 5 heavy (non-hydrogen) atoms. The van der Waals surface area contributed by atoms with Gasteiger partial charge in [-0.15, -0.1) is 0 Å². The average Bonchev–Trinajstić information content (AvgIpc) is 1.41. The number of hydrazone groups is 1. The summed E-state index contributed by atoms with van der Waals surface area (Å²) >= 11 is 0. The molecule has 28 valence electrons. The predicted octanol–water partition coefficient (Wildman–Crippen LogP) is -0.652. The lowest BCUT2D eigenvalue weighted by molar-refractivity contribution is -0.109. The molecular formula is C2H4N2O. The summed E-state index contributed by atoms with van der Waals surface area (Å²) in [4.78, 5) is 9.16. The quantitative estimate of drug-likeness (QED) is 0.263. The molecular weight excluding hydrogens is 68.0 g/mol. The Balaban J connectivity index is 2.65. The van der Waals surface area contributed by atoms with Crippen LogP contribution in [0.2, 0.25) is 0 Å². The summed E-state index contributed by atoms with van der Waals surface area (Å²) in [5.74, 6) is 0. The van der Waals surface area contributed by atoms with Gasteiger partial charge >= 0.3 is 0 Å². The van der Waals surface area contributed by atoms with E-state index in [0.29, 0.717) is 6.41 Å². The molecule has 0 aromatic rings. The Hall–Kier alpha value is -0.860. The largest absolute Gasteiger partial charge is 0.277 e. The molecule has 0 saturated carbocycles. The number of rotatable bonds is 2. The molecule has 3 nitrogen and oxygen atoms in total. The molecule has 0 aliphatic carbocycles. The van der Waals surface area contributed by atoms with E-state index >= 15 is 0 Å². The Morgan fingerprint density at radius 2 is 2.60 bits per heavy atom. The van der Waals surface area contributed by atoms with Crippen molar-refractivity contribution in [3.63, 3.8) is 0 Å². The van der Waals surface area contributed by atoms with E-state index in [1.165, 1.54) is 0 Å². The van der Waals surface area contributed by atoms with E-state index in [4.69, 9.17) is 4.79 Å². The number of carbonyl (C=O) groups is 1. The number of nitrogens with one attached hydrogen (secondary N) is 1. The summed E-state index contributed by atoms with van der Waals surface area (Å²) in [7, 11) is 0. The van der Waals surface area contributed by atoms with Crippen LogP contribution in [0.4, 0.5) is 0 Å². The van der Waals surface area contributed by atoms with Crippen LogP contribution in [-0.2, 0) is 4.79 Å². The van der Waals surface area contributed by atoms with Crippen molar-refractivity contribution >= 4 is 13.1 Å². The fourth-order valence-corrected chi connectivity index (χ4v) is 0.0373. The highest BCUT2D eigenvalue weighted by atomic mass is 16.1. The fourth-order valence-electron chi connectivity index (χ4n) is 0.0373. The van der Waals surface area contributed by atoms with E-state index in [-0.39, 0.29) is 0 Å². The first-order valence-corrected chi connectivity index (χ1v) is 1.06. The van der Waals surface area contributed by atoms with Gasteiger partial charge in [0.15, 0.2) is 0 Å². The summed E-state index contributed by atoms with van der Waals surface area (Å²) in [6.45, 7) is 2.96. The van der Waals surface area contributed by atoms with E-state index < -0.39 is 0 Å².